The molecular formula is C12H20N2O2. The molecule has 1 aromatic heterocycles. The Labute approximate surface area is 96.7 Å². The number of nitrogens with zero attached hydrogens (tertiary/aromatic N) is 1. The minimum absolute atomic E-state index is 0.105. The van der Waals surface area contributed by atoms with Gasteiger partial charge in [-0.3, -0.25) is 0 Å². The van der Waals surface area contributed by atoms with Gasteiger partial charge in [0, 0.05) is 18.7 Å². The average Bonchev–Trinajstić information content (AvgIpc) is 2.29. The van der Waals surface area contributed by atoms with Crippen LogP contribution in [0.5, 0.6) is 5.88 Å². The lowest BCUT2D eigenvalue weighted by atomic mass is 10.1. The summed E-state index contributed by atoms with van der Waals surface area (Å²) in [6.45, 7) is 4.93. The molecule has 1 atom stereocenters. The minimum Gasteiger partial charge on any atom is -0.481 e. The third kappa shape index (κ3) is 3.79. The van der Waals surface area contributed by atoms with Crippen LogP contribution in [0.25, 0.3) is 0 Å². The fraction of sp³-hybridized carbons (Fsp3) is 0.583. The van der Waals surface area contributed by atoms with Crippen LogP contribution in [0.15, 0.2) is 18.2 Å². The van der Waals surface area contributed by atoms with Gasteiger partial charge in [0.2, 0.25) is 5.88 Å². The SMILES string of the molecule is COc1cccc(CNC(CO)C(C)C)n1. The number of ether oxygens (including phenoxy) is 1. The zero-order chi connectivity index (χ0) is 12.0. The first-order valence-corrected chi connectivity index (χ1v) is 5.51. The Hall–Kier alpha value is -1.13. The standard InChI is InChI=1S/C12H20N2O2/c1-9(2)11(8-15)13-7-10-5-4-6-12(14-10)16-3/h4-6,9,11,13,15H,7-8H2,1-3H3. The number of aliphatic hydroxyl groups is 1. The first kappa shape index (κ1) is 12.9. The lowest BCUT2D eigenvalue weighted by molar-refractivity contribution is 0.209. The van der Waals surface area contributed by atoms with Gasteiger partial charge < -0.3 is 15.2 Å². The van der Waals surface area contributed by atoms with E-state index in [0.29, 0.717) is 18.3 Å². The average molecular weight is 224 g/mol. The highest BCUT2D eigenvalue weighted by molar-refractivity contribution is 5.15. The van der Waals surface area contributed by atoms with Gasteiger partial charge in [0.15, 0.2) is 0 Å². The van der Waals surface area contributed by atoms with E-state index in [4.69, 9.17) is 9.84 Å². The van der Waals surface area contributed by atoms with Gasteiger partial charge >= 0.3 is 0 Å². The predicted octanol–water partition coefficient (Wildman–Crippen LogP) is 1.20. The monoisotopic (exact) mass is 224 g/mol. The number of hydrogen-bond acceptors (Lipinski definition) is 4. The number of pyridine rings is 1. The van der Waals surface area contributed by atoms with Gasteiger partial charge in [-0.25, -0.2) is 4.98 Å². The molecule has 0 saturated carbocycles. The normalized spacial score (nSPS) is 12.8. The Kier molecular flexibility index (Phi) is 5.22. The summed E-state index contributed by atoms with van der Waals surface area (Å²) in [6.07, 6.45) is 0. The first-order chi connectivity index (χ1) is 7.67. The molecule has 90 valence electrons. The highest BCUT2D eigenvalue weighted by atomic mass is 16.5. The van der Waals surface area contributed by atoms with Crippen LogP contribution in [-0.2, 0) is 6.54 Å². The quantitative estimate of drug-likeness (QED) is 0.762. The maximum absolute atomic E-state index is 9.17. The van der Waals surface area contributed by atoms with Crippen molar-refractivity contribution in [1.82, 2.24) is 10.3 Å². The molecule has 2 N–H and O–H groups in total. The third-order valence-electron chi connectivity index (χ3n) is 2.54. The van der Waals surface area contributed by atoms with Crippen molar-refractivity contribution in [3.05, 3.63) is 23.9 Å². The smallest absolute Gasteiger partial charge is 0.213 e. The van der Waals surface area contributed by atoms with E-state index < -0.39 is 0 Å². The zero-order valence-corrected chi connectivity index (χ0v) is 10.1. The molecule has 0 radical (unpaired) electrons. The first-order valence-electron chi connectivity index (χ1n) is 5.51. The second-order valence-corrected chi connectivity index (χ2v) is 4.09. The van der Waals surface area contributed by atoms with E-state index >= 15 is 0 Å². The van der Waals surface area contributed by atoms with Gasteiger partial charge in [-0.2, -0.15) is 0 Å². The van der Waals surface area contributed by atoms with E-state index in [1.165, 1.54) is 0 Å². The van der Waals surface area contributed by atoms with Crippen LogP contribution in [0.2, 0.25) is 0 Å². The van der Waals surface area contributed by atoms with Crippen LogP contribution < -0.4 is 10.1 Å². The van der Waals surface area contributed by atoms with Crippen LogP contribution in [-0.4, -0.2) is 29.8 Å². The lowest BCUT2D eigenvalue weighted by Gasteiger charge is -2.19. The summed E-state index contributed by atoms with van der Waals surface area (Å²) >= 11 is 0. The van der Waals surface area contributed by atoms with E-state index in [2.05, 4.69) is 24.1 Å². The molecule has 16 heavy (non-hydrogen) atoms. The molecule has 1 rings (SSSR count). The van der Waals surface area contributed by atoms with Crippen molar-refractivity contribution in [2.24, 2.45) is 5.92 Å². The van der Waals surface area contributed by atoms with E-state index in [1.807, 2.05) is 18.2 Å². The molecule has 1 unspecified atom stereocenters. The predicted molar refractivity (Wildman–Crippen MR) is 63.3 cm³/mol. The Balaban J connectivity index is 2.53. The summed E-state index contributed by atoms with van der Waals surface area (Å²) in [4.78, 5) is 4.29. The van der Waals surface area contributed by atoms with Gasteiger partial charge in [0.1, 0.15) is 0 Å². The van der Waals surface area contributed by atoms with Gasteiger partial charge in [-0.15, -0.1) is 0 Å². The molecule has 0 fully saturated rings. The maximum atomic E-state index is 9.17. The van der Waals surface area contributed by atoms with Crippen LogP contribution in [0.3, 0.4) is 0 Å². The van der Waals surface area contributed by atoms with Gasteiger partial charge in [0.05, 0.1) is 19.4 Å². The summed E-state index contributed by atoms with van der Waals surface area (Å²) < 4.78 is 5.05. The van der Waals surface area contributed by atoms with Crippen molar-refractivity contribution in [2.45, 2.75) is 26.4 Å². The number of hydrogen-bond donors (Lipinski definition) is 2. The Morgan fingerprint density at radius 2 is 2.19 bits per heavy atom. The number of methoxy groups -OCH3 is 1. The highest BCUT2D eigenvalue weighted by Crippen LogP contribution is 2.07. The molecule has 1 aromatic rings. The number of nitrogens with one attached hydrogen (secondary N) is 1. The summed E-state index contributed by atoms with van der Waals surface area (Å²) in [5.74, 6) is 1.01. The maximum Gasteiger partial charge on any atom is 0.213 e. The van der Waals surface area contributed by atoms with Crippen molar-refractivity contribution >= 4 is 0 Å². The molecule has 4 heteroatoms. The molecule has 0 aliphatic rings. The second kappa shape index (κ2) is 6.45. The van der Waals surface area contributed by atoms with Crippen molar-refractivity contribution in [2.75, 3.05) is 13.7 Å². The summed E-state index contributed by atoms with van der Waals surface area (Å²) in [6, 6.07) is 5.76. The molecule has 4 nitrogen and oxygen atoms in total. The van der Waals surface area contributed by atoms with Crippen molar-refractivity contribution in [3.63, 3.8) is 0 Å². The Bertz CT molecular complexity index is 316. The third-order valence-corrected chi connectivity index (χ3v) is 2.54. The van der Waals surface area contributed by atoms with E-state index in [0.717, 1.165) is 5.69 Å². The number of rotatable bonds is 6. The van der Waals surface area contributed by atoms with E-state index in [-0.39, 0.29) is 12.6 Å². The fourth-order valence-electron chi connectivity index (χ4n) is 1.42. The Morgan fingerprint density at radius 3 is 2.75 bits per heavy atom. The van der Waals surface area contributed by atoms with Crippen molar-refractivity contribution in [3.8, 4) is 5.88 Å². The second-order valence-electron chi connectivity index (χ2n) is 4.09. The molecule has 0 bridgehead atoms. The van der Waals surface area contributed by atoms with Gasteiger partial charge in [-0.05, 0) is 12.0 Å². The molecular weight excluding hydrogens is 204 g/mol. The van der Waals surface area contributed by atoms with Gasteiger partial charge in [0.25, 0.3) is 0 Å². The van der Waals surface area contributed by atoms with Crippen molar-refractivity contribution < 1.29 is 9.84 Å². The topological polar surface area (TPSA) is 54.4 Å². The Morgan fingerprint density at radius 1 is 1.44 bits per heavy atom. The minimum atomic E-state index is 0.105. The molecule has 0 aliphatic heterocycles. The van der Waals surface area contributed by atoms with Gasteiger partial charge in [-0.1, -0.05) is 19.9 Å². The lowest BCUT2D eigenvalue weighted by Crippen LogP contribution is -2.36. The molecule has 0 spiro atoms. The molecule has 0 aromatic carbocycles. The molecule has 0 aliphatic carbocycles. The summed E-state index contributed by atoms with van der Waals surface area (Å²) in [5.41, 5.74) is 0.915. The van der Waals surface area contributed by atoms with Crippen LogP contribution in [0.4, 0.5) is 0 Å². The highest BCUT2D eigenvalue weighted by Gasteiger charge is 2.11. The van der Waals surface area contributed by atoms with Crippen LogP contribution in [0, 0.1) is 5.92 Å². The molecule has 0 saturated heterocycles. The van der Waals surface area contributed by atoms with Crippen LogP contribution in [0.1, 0.15) is 19.5 Å². The van der Waals surface area contributed by atoms with Crippen LogP contribution >= 0.6 is 0 Å². The number of aliphatic hydroxyl groups excluding tert-OH is 1. The largest absolute Gasteiger partial charge is 0.481 e. The number of aromatic nitrogens is 1. The van der Waals surface area contributed by atoms with E-state index in [1.54, 1.807) is 7.11 Å². The van der Waals surface area contributed by atoms with E-state index in [9.17, 15) is 0 Å². The summed E-state index contributed by atoms with van der Waals surface area (Å²) in [5, 5.41) is 12.4. The zero-order valence-electron chi connectivity index (χ0n) is 10.1. The van der Waals surface area contributed by atoms with Crippen molar-refractivity contribution in [1.29, 1.82) is 0 Å². The molecule has 1 heterocycles. The molecule has 0 amide bonds. The fourth-order valence-corrected chi connectivity index (χ4v) is 1.42. The summed E-state index contributed by atoms with van der Waals surface area (Å²) in [7, 11) is 1.60.